The fourth-order valence-corrected chi connectivity index (χ4v) is 3.87. The van der Waals surface area contributed by atoms with Crippen LogP contribution in [0.15, 0.2) is 59.8 Å². The summed E-state index contributed by atoms with van der Waals surface area (Å²) < 4.78 is 2.06. The summed E-state index contributed by atoms with van der Waals surface area (Å²) in [6, 6.07) is 18.0. The smallest absolute Gasteiger partial charge is 0.237 e. The maximum Gasteiger partial charge on any atom is 0.237 e. The second-order valence-corrected chi connectivity index (χ2v) is 7.12. The predicted octanol–water partition coefficient (Wildman–Crippen LogP) is 4.42. The van der Waals surface area contributed by atoms with Gasteiger partial charge in [-0.1, -0.05) is 53.7 Å². The number of benzene rings is 2. The van der Waals surface area contributed by atoms with Crippen LogP contribution in [-0.2, 0) is 11.3 Å². The number of aryl methyl sites for hydroxylation is 1. The average Bonchev–Trinajstić information content (AvgIpc) is 3.11. The Balaban J connectivity index is 1.75. The van der Waals surface area contributed by atoms with Crippen molar-refractivity contribution in [3.63, 3.8) is 0 Å². The van der Waals surface area contributed by atoms with Crippen molar-refractivity contribution in [2.45, 2.75) is 32.5 Å². The van der Waals surface area contributed by atoms with Gasteiger partial charge in [0.1, 0.15) is 0 Å². The van der Waals surface area contributed by atoms with Crippen LogP contribution in [0.4, 0.5) is 5.69 Å². The summed E-state index contributed by atoms with van der Waals surface area (Å²) in [5.74, 6) is 1.23. The van der Waals surface area contributed by atoms with Gasteiger partial charge in [-0.25, -0.2) is 0 Å². The number of amides is 1. The number of aromatic nitrogens is 3. The van der Waals surface area contributed by atoms with Gasteiger partial charge in [0.15, 0.2) is 11.0 Å². The minimum absolute atomic E-state index is 0.0662. The third-order valence-electron chi connectivity index (χ3n) is 4.32. The van der Waals surface area contributed by atoms with Gasteiger partial charge in [0, 0.05) is 24.3 Å². The summed E-state index contributed by atoms with van der Waals surface area (Å²) in [5, 5.41) is 9.46. The molecular formula is C21H24N4OS. The molecule has 0 unspecified atom stereocenters. The highest BCUT2D eigenvalue weighted by Gasteiger charge is 2.18. The number of hydrogen-bond acceptors (Lipinski definition) is 4. The molecule has 0 aliphatic heterocycles. The highest BCUT2D eigenvalue weighted by atomic mass is 32.2. The number of para-hydroxylation sites is 1. The number of rotatable bonds is 7. The van der Waals surface area contributed by atoms with Crippen molar-refractivity contribution in [1.29, 1.82) is 0 Å². The average molecular weight is 381 g/mol. The molecule has 0 saturated heterocycles. The third kappa shape index (κ3) is 4.39. The zero-order valence-electron chi connectivity index (χ0n) is 15.9. The molecule has 0 fully saturated rings. The molecule has 5 nitrogen and oxygen atoms in total. The van der Waals surface area contributed by atoms with Crippen LogP contribution in [0.1, 0.15) is 19.4 Å². The van der Waals surface area contributed by atoms with E-state index in [9.17, 15) is 4.79 Å². The van der Waals surface area contributed by atoms with Gasteiger partial charge in [-0.05, 0) is 39.0 Å². The van der Waals surface area contributed by atoms with E-state index in [4.69, 9.17) is 0 Å². The molecule has 1 amide bonds. The van der Waals surface area contributed by atoms with Crippen LogP contribution in [0.3, 0.4) is 0 Å². The highest BCUT2D eigenvalue weighted by molar-refractivity contribution is 7.99. The van der Waals surface area contributed by atoms with Gasteiger partial charge >= 0.3 is 0 Å². The number of nitrogens with zero attached hydrogens (tertiary/aromatic N) is 4. The van der Waals surface area contributed by atoms with Crippen molar-refractivity contribution < 1.29 is 4.79 Å². The minimum Gasteiger partial charge on any atom is -0.312 e. The Morgan fingerprint density at radius 3 is 2.52 bits per heavy atom. The summed E-state index contributed by atoms with van der Waals surface area (Å²) in [4.78, 5) is 14.5. The van der Waals surface area contributed by atoms with Crippen LogP contribution in [0, 0.1) is 6.92 Å². The Kier molecular flexibility index (Phi) is 6.29. The van der Waals surface area contributed by atoms with Crippen molar-refractivity contribution >= 4 is 23.4 Å². The van der Waals surface area contributed by atoms with E-state index in [1.54, 1.807) is 4.90 Å². The van der Waals surface area contributed by atoms with Gasteiger partial charge < -0.3 is 9.47 Å². The van der Waals surface area contributed by atoms with Crippen LogP contribution in [0.25, 0.3) is 11.4 Å². The third-order valence-corrected chi connectivity index (χ3v) is 5.27. The van der Waals surface area contributed by atoms with E-state index in [1.807, 2.05) is 49.4 Å². The summed E-state index contributed by atoms with van der Waals surface area (Å²) in [5.41, 5.74) is 3.15. The van der Waals surface area contributed by atoms with E-state index in [0.29, 0.717) is 12.3 Å². The molecule has 0 atom stereocenters. The topological polar surface area (TPSA) is 51.0 Å². The second-order valence-electron chi connectivity index (χ2n) is 6.18. The summed E-state index contributed by atoms with van der Waals surface area (Å²) in [7, 11) is 0. The number of anilines is 1. The van der Waals surface area contributed by atoms with E-state index in [0.717, 1.165) is 28.8 Å². The Morgan fingerprint density at radius 1 is 1.07 bits per heavy atom. The molecule has 0 aliphatic rings. The molecule has 1 aromatic heterocycles. The lowest BCUT2D eigenvalue weighted by Crippen LogP contribution is -2.32. The highest BCUT2D eigenvalue weighted by Crippen LogP contribution is 2.25. The predicted molar refractivity (Wildman–Crippen MR) is 111 cm³/mol. The number of thioether (sulfide) groups is 1. The molecule has 0 saturated carbocycles. The quantitative estimate of drug-likeness (QED) is 0.570. The lowest BCUT2D eigenvalue weighted by atomic mass is 10.1. The maximum atomic E-state index is 12.7. The summed E-state index contributed by atoms with van der Waals surface area (Å²) in [6.45, 7) is 7.51. The molecule has 3 aromatic rings. The first-order valence-corrected chi connectivity index (χ1v) is 10.1. The Hall–Kier alpha value is -2.60. The molecule has 0 N–H and O–H groups in total. The molecule has 0 bridgehead atoms. The molecule has 2 aromatic carbocycles. The van der Waals surface area contributed by atoms with Crippen LogP contribution in [-0.4, -0.2) is 33.0 Å². The lowest BCUT2D eigenvalue weighted by Gasteiger charge is -2.20. The lowest BCUT2D eigenvalue weighted by molar-refractivity contribution is -0.116. The Bertz CT molecular complexity index is 908. The van der Waals surface area contributed by atoms with Gasteiger partial charge in [0.2, 0.25) is 5.91 Å². The molecule has 0 spiro atoms. The van der Waals surface area contributed by atoms with Crippen LogP contribution in [0.5, 0.6) is 0 Å². The molecule has 27 heavy (non-hydrogen) atoms. The fraction of sp³-hybridized carbons (Fsp3) is 0.286. The van der Waals surface area contributed by atoms with Crippen LogP contribution < -0.4 is 4.90 Å². The number of carbonyl (C=O) groups is 1. The zero-order valence-corrected chi connectivity index (χ0v) is 16.7. The molecular weight excluding hydrogens is 356 g/mol. The van der Waals surface area contributed by atoms with Crippen molar-refractivity contribution in [2.24, 2.45) is 0 Å². The van der Waals surface area contributed by atoms with E-state index >= 15 is 0 Å². The van der Waals surface area contributed by atoms with Gasteiger partial charge in [-0.3, -0.25) is 4.79 Å². The fourth-order valence-electron chi connectivity index (χ4n) is 2.99. The number of hydrogen-bond donors (Lipinski definition) is 0. The standard InChI is InChI=1S/C21H24N4OS/c1-4-24(18-12-7-6-8-13-18)19(26)15-27-21-23-22-20(25(21)5-2)17-11-9-10-16(3)14-17/h6-14H,4-5,15H2,1-3H3. The molecule has 0 aliphatic carbocycles. The minimum atomic E-state index is 0.0662. The van der Waals surface area contributed by atoms with Crippen LogP contribution >= 0.6 is 11.8 Å². The SMILES string of the molecule is CCN(C(=O)CSc1nnc(-c2cccc(C)c2)n1CC)c1ccccc1. The second kappa shape index (κ2) is 8.86. The normalized spacial score (nSPS) is 10.8. The van der Waals surface area contributed by atoms with E-state index in [1.165, 1.54) is 17.3 Å². The molecule has 1 heterocycles. The molecule has 3 rings (SSSR count). The van der Waals surface area contributed by atoms with Crippen molar-refractivity contribution in [3.05, 3.63) is 60.2 Å². The van der Waals surface area contributed by atoms with Gasteiger partial charge in [-0.2, -0.15) is 0 Å². The summed E-state index contributed by atoms with van der Waals surface area (Å²) in [6.07, 6.45) is 0. The first kappa shape index (κ1) is 19.2. The van der Waals surface area contributed by atoms with E-state index in [-0.39, 0.29) is 5.91 Å². The first-order valence-electron chi connectivity index (χ1n) is 9.12. The summed E-state index contributed by atoms with van der Waals surface area (Å²) >= 11 is 1.44. The largest absolute Gasteiger partial charge is 0.312 e. The van der Waals surface area contributed by atoms with Gasteiger partial charge in [0.25, 0.3) is 0 Å². The van der Waals surface area contributed by atoms with E-state index < -0.39 is 0 Å². The van der Waals surface area contributed by atoms with Gasteiger partial charge in [0.05, 0.1) is 5.75 Å². The number of carbonyl (C=O) groups excluding carboxylic acids is 1. The molecule has 140 valence electrons. The first-order chi connectivity index (χ1) is 13.1. The zero-order chi connectivity index (χ0) is 19.2. The van der Waals surface area contributed by atoms with Crippen molar-refractivity contribution in [2.75, 3.05) is 17.2 Å². The maximum absolute atomic E-state index is 12.7. The monoisotopic (exact) mass is 380 g/mol. The molecule has 0 radical (unpaired) electrons. The Morgan fingerprint density at radius 2 is 1.85 bits per heavy atom. The van der Waals surface area contributed by atoms with Crippen LogP contribution in [0.2, 0.25) is 0 Å². The van der Waals surface area contributed by atoms with Crippen molar-refractivity contribution in [3.8, 4) is 11.4 Å². The van der Waals surface area contributed by atoms with Gasteiger partial charge in [-0.15, -0.1) is 10.2 Å². The Labute approximate surface area is 164 Å². The molecule has 6 heteroatoms. The van der Waals surface area contributed by atoms with Crippen molar-refractivity contribution in [1.82, 2.24) is 14.8 Å². The van der Waals surface area contributed by atoms with E-state index in [2.05, 4.69) is 40.7 Å².